The van der Waals surface area contributed by atoms with E-state index in [4.69, 9.17) is 0 Å². The Bertz CT molecular complexity index is 373. The molecule has 0 aromatic heterocycles. The van der Waals surface area contributed by atoms with Gasteiger partial charge in [0.2, 0.25) is 6.41 Å². The van der Waals surface area contributed by atoms with Crippen molar-refractivity contribution in [3.8, 4) is 5.75 Å². The number of benzene rings is 1. The highest BCUT2D eigenvalue weighted by molar-refractivity contribution is 7.85. The summed E-state index contributed by atoms with van der Waals surface area (Å²) in [6.45, 7) is 0. The fourth-order valence-corrected chi connectivity index (χ4v) is 1.22. The largest absolute Gasteiger partial charge is 0.409 e. The molecular formula is C7H7NO4S. The lowest BCUT2D eigenvalue weighted by atomic mass is 10.3. The van der Waals surface area contributed by atoms with Crippen molar-refractivity contribution in [3.63, 3.8) is 0 Å². The molecule has 0 aliphatic heterocycles. The van der Waals surface area contributed by atoms with Crippen LogP contribution in [0.1, 0.15) is 0 Å². The zero-order chi connectivity index (χ0) is 9.73. The van der Waals surface area contributed by atoms with Crippen molar-refractivity contribution in [2.75, 3.05) is 0 Å². The number of hydrogen-bond donors (Lipinski definition) is 1. The Balaban J connectivity index is 2.75. The van der Waals surface area contributed by atoms with Crippen LogP contribution in [0, 0.1) is 0 Å². The summed E-state index contributed by atoms with van der Waals surface area (Å²) in [5.41, 5.74) is 0. The molecule has 0 aliphatic carbocycles. The van der Waals surface area contributed by atoms with Gasteiger partial charge in [0.25, 0.3) is 0 Å². The molecule has 0 radical (unpaired) electrons. The van der Waals surface area contributed by atoms with E-state index in [1.165, 1.54) is 16.9 Å². The maximum absolute atomic E-state index is 10.8. The Morgan fingerprint density at radius 1 is 1.23 bits per heavy atom. The van der Waals surface area contributed by atoms with E-state index in [1.807, 2.05) is 0 Å². The normalized spacial score (nSPS) is 10.5. The van der Waals surface area contributed by atoms with Crippen LogP contribution in [0.3, 0.4) is 0 Å². The van der Waals surface area contributed by atoms with Crippen molar-refractivity contribution in [1.29, 1.82) is 0 Å². The summed E-state index contributed by atoms with van der Waals surface area (Å²) in [6, 6.07) is 7.87. The topological polar surface area (TPSA) is 72.5 Å². The van der Waals surface area contributed by atoms with Gasteiger partial charge in [-0.05, 0) is 12.1 Å². The number of nitrogens with one attached hydrogen (secondary N) is 1. The highest BCUT2D eigenvalue weighted by atomic mass is 32.2. The van der Waals surface area contributed by atoms with Crippen molar-refractivity contribution < 1.29 is 17.4 Å². The van der Waals surface area contributed by atoms with Crippen LogP contribution >= 0.6 is 0 Å². The van der Waals surface area contributed by atoms with Crippen LogP contribution in [-0.4, -0.2) is 14.8 Å². The molecule has 1 aromatic rings. The zero-order valence-corrected chi connectivity index (χ0v) is 7.32. The van der Waals surface area contributed by atoms with Gasteiger partial charge in [0, 0.05) is 0 Å². The van der Waals surface area contributed by atoms with Crippen molar-refractivity contribution in [3.05, 3.63) is 30.3 Å². The molecule has 0 unspecified atom stereocenters. The van der Waals surface area contributed by atoms with E-state index >= 15 is 0 Å². The third-order valence-electron chi connectivity index (χ3n) is 1.14. The second kappa shape index (κ2) is 3.90. The van der Waals surface area contributed by atoms with Crippen LogP contribution in [0.5, 0.6) is 5.75 Å². The van der Waals surface area contributed by atoms with Crippen LogP contribution < -0.4 is 8.91 Å². The third kappa shape index (κ3) is 3.12. The second-order valence-corrected chi connectivity index (χ2v) is 3.40. The Kier molecular flexibility index (Phi) is 2.86. The highest BCUT2D eigenvalue weighted by Crippen LogP contribution is 2.09. The molecule has 0 fully saturated rings. The first kappa shape index (κ1) is 9.53. The number of amides is 1. The molecule has 5 nitrogen and oxygen atoms in total. The number of para-hydroxylation sites is 1. The van der Waals surface area contributed by atoms with Gasteiger partial charge < -0.3 is 4.18 Å². The van der Waals surface area contributed by atoms with Crippen LogP contribution in [0.4, 0.5) is 0 Å². The Morgan fingerprint density at radius 3 is 2.38 bits per heavy atom. The summed E-state index contributed by atoms with van der Waals surface area (Å²) in [5, 5.41) is 0. The van der Waals surface area contributed by atoms with Gasteiger partial charge >= 0.3 is 10.3 Å². The molecule has 6 heteroatoms. The summed E-state index contributed by atoms with van der Waals surface area (Å²) in [6.07, 6.45) is 0.0400. The second-order valence-electron chi connectivity index (χ2n) is 2.09. The average molecular weight is 201 g/mol. The van der Waals surface area contributed by atoms with E-state index in [0.717, 1.165) is 0 Å². The Labute approximate surface area is 75.6 Å². The molecule has 70 valence electrons. The number of rotatable bonds is 4. The molecule has 0 saturated carbocycles. The van der Waals surface area contributed by atoms with E-state index in [-0.39, 0.29) is 12.2 Å². The first-order chi connectivity index (χ1) is 6.14. The van der Waals surface area contributed by atoms with Gasteiger partial charge in [0.1, 0.15) is 5.75 Å². The van der Waals surface area contributed by atoms with E-state index in [2.05, 4.69) is 4.18 Å². The van der Waals surface area contributed by atoms with Gasteiger partial charge in [-0.2, -0.15) is 8.42 Å². The van der Waals surface area contributed by atoms with Gasteiger partial charge in [-0.25, -0.2) is 4.72 Å². The molecule has 0 atom stereocenters. The van der Waals surface area contributed by atoms with E-state index in [1.54, 1.807) is 18.2 Å². The predicted octanol–water partition coefficient (Wildman–Crippen LogP) is 0.0562. The van der Waals surface area contributed by atoms with Gasteiger partial charge in [-0.3, -0.25) is 4.79 Å². The minimum Gasteiger partial charge on any atom is -0.367 e. The molecule has 1 N–H and O–H groups in total. The van der Waals surface area contributed by atoms with Gasteiger partial charge in [-0.15, -0.1) is 0 Å². The van der Waals surface area contributed by atoms with E-state index < -0.39 is 10.3 Å². The van der Waals surface area contributed by atoms with Gasteiger partial charge in [0.05, 0.1) is 0 Å². The molecule has 1 rings (SSSR count). The lowest BCUT2D eigenvalue weighted by molar-refractivity contribution is -0.108. The molecule has 13 heavy (non-hydrogen) atoms. The summed E-state index contributed by atoms with van der Waals surface area (Å²) in [7, 11) is -4.00. The fraction of sp³-hybridized carbons (Fsp3) is 0. The van der Waals surface area contributed by atoms with Gasteiger partial charge in [0.15, 0.2) is 0 Å². The van der Waals surface area contributed by atoms with Crippen molar-refractivity contribution in [2.45, 2.75) is 0 Å². The van der Waals surface area contributed by atoms with Crippen LogP contribution in [0.2, 0.25) is 0 Å². The summed E-state index contributed by atoms with van der Waals surface area (Å²) < 4.78 is 27.7. The molecule has 0 heterocycles. The van der Waals surface area contributed by atoms with Crippen LogP contribution in [0.25, 0.3) is 0 Å². The fourth-order valence-electron chi connectivity index (χ4n) is 0.686. The van der Waals surface area contributed by atoms with Gasteiger partial charge in [-0.1, -0.05) is 18.2 Å². The van der Waals surface area contributed by atoms with Crippen LogP contribution in [-0.2, 0) is 15.1 Å². The molecule has 1 amide bonds. The highest BCUT2D eigenvalue weighted by Gasteiger charge is 2.09. The molecule has 0 spiro atoms. The quantitative estimate of drug-likeness (QED) is 0.699. The van der Waals surface area contributed by atoms with E-state index in [0.29, 0.717) is 0 Å². The van der Waals surface area contributed by atoms with Crippen molar-refractivity contribution >= 4 is 16.7 Å². The molecule has 0 saturated heterocycles. The zero-order valence-electron chi connectivity index (χ0n) is 6.51. The maximum atomic E-state index is 10.8. The lowest BCUT2D eigenvalue weighted by Gasteiger charge is -2.03. The monoisotopic (exact) mass is 201 g/mol. The smallest absolute Gasteiger partial charge is 0.367 e. The molecule has 0 aliphatic rings. The molecular weight excluding hydrogens is 194 g/mol. The van der Waals surface area contributed by atoms with Crippen molar-refractivity contribution in [2.24, 2.45) is 0 Å². The summed E-state index contributed by atoms with van der Waals surface area (Å²) >= 11 is 0. The number of carbonyl (C=O) groups is 1. The Hall–Kier alpha value is -1.56. The summed E-state index contributed by atoms with van der Waals surface area (Å²) in [4.78, 5) is 9.84. The lowest BCUT2D eigenvalue weighted by Crippen LogP contribution is -2.26. The molecule has 1 aromatic carbocycles. The SMILES string of the molecule is O=CNS(=O)(=O)Oc1ccccc1. The first-order valence-corrected chi connectivity index (χ1v) is 4.75. The maximum Gasteiger partial charge on any atom is 0.409 e. The number of carbonyl (C=O) groups excluding carboxylic acids is 1. The van der Waals surface area contributed by atoms with E-state index in [9.17, 15) is 13.2 Å². The predicted molar refractivity (Wildman–Crippen MR) is 45.2 cm³/mol. The Morgan fingerprint density at radius 2 is 1.85 bits per heavy atom. The first-order valence-electron chi connectivity index (χ1n) is 3.34. The summed E-state index contributed by atoms with van der Waals surface area (Å²) in [5.74, 6) is 0.150. The minimum absolute atomic E-state index is 0.0400. The number of hydrogen-bond acceptors (Lipinski definition) is 4. The molecule has 0 bridgehead atoms. The third-order valence-corrected chi connectivity index (χ3v) is 1.94. The minimum atomic E-state index is -4.00. The standard InChI is InChI=1S/C7H7NO4S/c9-6-8-13(10,11)12-7-4-2-1-3-5-7/h1-6H,(H,8,9). The average Bonchev–Trinajstić information content (AvgIpc) is 2.04. The van der Waals surface area contributed by atoms with Crippen LogP contribution in [0.15, 0.2) is 30.3 Å². The van der Waals surface area contributed by atoms with Crippen molar-refractivity contribution in [1.82, 2.24) is 4.72 Å².